The van der Waals surface area contributed by atoms with E-state index in [4.69, 9.17) is 0 Å². The molecule has 0 bridgehead atoms. The first-order valence-electron chi connectivity index (χ1n) is 9.45. The van der Waals surface area contributed by atoms with Crippen molar-refractivity contribution in [1.29, 1.82) is 0 Å². The van der Waals surface area contributed by atoms with Gasteiger partial charge in [0, 0.05) is 56.8 Å². The van der Waals surface area contributed by atoms with Gasteiger partial charge in [-0.2, -0.15) is 0 Å². The number of piperazine rings is 1. The average molecular weight is 362 g/mol. The van der Waals surface area contributed by atoms with E-state index in [9.17, 15) is 9.59 Å². The van der Waals surface area contributed by atoms with Crippen LogP contribution >= 0.6 is 11.3 Å². The topological polar surface area (TPSA) is 56.8 Å². The monoisotopic (exact) mass is 362 g/mol. The summed E-state index contributed by atoms with van der Waals surface area (Å²) in [5, 5.41) is 3.03. The fraction of sp³-hybridized carbons (Fsp3) is 0.722. The van der Waals surface area contributed by atoms with E-state index in [1.807, 2.05) is 21.4 Å². The average Bonchev–Trinajstić information content (AvgIpc) is 3.35. The van der Waals surface area contributed by atoms with Crippen LogP contribution < -0.4 is 4.90 Å². The Bertz CT molecular complexity index is 607. The summed E-state index contributed by atoms with van der Waals surface area (Å²) in [7, 11) is 0. The summed E-state index contributed by atoms with van der Waals surface area (Å²) in [6.07, 6.45) is 7.73. The van der Waals surface area contributed by atoms with Crippen molar-refractivity contribution in [3.63, 3.8) is 0 Å². The van der Waals surface area contributed by atoms with Gasteiger partial charge in [0.05, 0.1) is 5.92 Å². The first-order valence-corrected chi connectivity index (χ1v) is 10.3. The summed E-state index contributed by atoms with van der Waals surface area (Å²) in [6, 6.07) is 0.379. The summed E-state index contributed by atoms with van der Waals surface area (Å²) in [5.41, 5.74) is 0. The van der Waals surface area contributed by atoms with E-state index in [-0.39, 0.29) is 17.7 Å². The van der Waals surface area contributed by atoms with Gasteiger partial charge in [-0.1, -0.05) is 12.8 Å². The van der Waals surface area contributed by atoms with Crippen LogP contribution in [-0.4, -0.2) is 65.4 Å². The van der Waals surface area contributed by atoms with Crippen LogP contribution in [0, 0.1) is 5.92 Å². The predicted octanol–water partition coefficient (Wildman–Crippen LogP) is 1.97. The zero-order chi connectivity index (χ0) is 17.2. The van der Waals surface area contributed by atoms with E-state index in [1.54, 1.807) is 11.3 Å². The fourth-order valence-corrected chi connectivity index (χ4v) is 5.09. The molecular formula is C18H26N4O2S. The Hall–Kier alpha value is -1.63. The molecule has 2 amide bonds. The molecule has 1 unspecified atom stereocenters. The maximum Gasteiger partial charge on any atom is 0.227 e. The molecule has 2 aliphatic heterocycles. The van der Waals surface area contributed by atoms with Crippen molar-refractivity contribution in [3.05, 3.63) is 11.6 Å². The van der Waals surface area contributed by atoms with Gasteiger partial charge in [0.2, 0.25) is 11.8 Å². The molecule has 136 valence electrons. The van der Waals surface area contributed by atoms with E-state index in [1.165, 1.54) is 12.8 Å². The molecule has 1 aromatic heterocycles. The first kappa shape index (κ1) is 16.8. The quantitative estimate of drug-likeness (QED) is 0.825. The van der Waals surface area contributed by atoms with Crippen LogP contribution in [0.4, 0.5) is 5.13 Å². The second-order valence-electron chi connectivity index (χ2n) is 7.35. The first-order chi connectivity index (χ1) is 12.2. The van der Waals surface area contributed by atoms with Gasteiger partial charge < -0.3 is 14.7 Å². The van der Waals surface area contributed by atoms with E-state index in [0.717, 1.165) is 44.2 Å². The van der Waals surface area contributed by atoms with Crippen LogP contribution in [0.1, 0.15) is 38.5 Å². The Kier molecular flexibility index (Phi) is 4.92. The molecular weight excluding hydrogens is 336 g/mol. The van der Waals surface area contributed by atoms with Crippen LogP contribution in [0.15, 0.2) is 11.6 Å². The van der Waals surface area contributed by atoms with Gasteiger partial charge in [0.1, 0.15) is 0 Å². The zero-order valence-electron chi connectivity index (χ0n) is 14.6. The molecule has 0 N–H and O–H groups in total. The molecule has 1 aromatic rings. The lowest BCUT2D eigenvalue weighted by Crippen LogP contribution is -2.54. The third-order valence-electron chi connectivity index (χ3n) is 5.84. The number of rotatable bonds is 3. The Labute approximate surface area is 152 Å². The number of hydrogen-bond donors (Lipinski definition) is 0. The second kappa shape index (κ2) is 7.32. The fourth-order valence-electron chi connectivity index (χ4n) is 4.39. The number of nitrogens with zero attached hydrogens (tertiary/aromatic N) is 4. The number of likely N-dealkylation sites (tertiary alicyclic amines) is 1. The van der Waals surface area contributed by atoms with Crippen molar-refractivity contribution < 1.29 is 9.59 Å². The minimum absolute atomic E-state index is 0.00953. The lowest BCUT2D eigenvalue weighted by atomic mass is 9.94. The van der Waals surface area contributed by atoms with E-state index >= 15 is 0 Å². The molecule has 4 rings (SSSR count). The van der Waals surface area contributed by atoms with Gasteiger partial charge in [-0.15, -0.1) is 11.3 Å². The molecule has 0 aromatic carbocycles. The minimum atomic E-state index is -0.00953. The van der Waals surface area contributed by atoms with E-state index < -0.39 is 0 Å². The Morgan fingerprint density at radius 3 is 2.56 bits per heavy atom. The Morgan fingerprint density at radius 2 is 1.88 bits per heavy atom. The molecule has 25 heavy (non-hydrogen) atoms. The SMILES string of the molecule is O=C(C1CCC(=O)N(C2CCCC2)C1)N1CCN(c2nccs2)CC1. The van der Waals surface area contributed by atoms with Crippen LogP contribution in [0.25, 0.3) is 0 Å². The molecule has 0 radical (unpaired) electrons. The molecule has 1 aliphatic carbocycles. The van der Waals surface area contributed by atoms with Crippen molar-refractivity contribution in [2.75, 3.05) is 37.6 Å². The summed E-state index contributed by atoms with van der Waals surface area (Å²) in [4.78, 5) is 35.9. The van der Waals surface area contributed by atoms with Crippen molar-refractivity contribution in [2.24, 2.45) is 5.92 Å². The molecule has 3 aliphatic rings. The lowest BCUT2D eigenvalue weighted by molar-refractivity contribution is -0.145. The molecule has 2 saturated heterocycles. The highest BCUT2D eigenvalue weighted by Gasteiger charge is 2.37. The lowest BCUT2D eigenvalue weighted by Gasteiger charge is -2.40. The Morgan fingerprint density at radius 1 is 1.12 bits per heavy atom. The van der Waals surface area contributed by atoms with Crippen molar-refractivity contribution in [1.82, 2.24) is 14.8 Å². The second-order valence-corrected chi connectivity index (χ2v) is 8.22. The largest absolute Gasteiger partial charge is 0.345 e. The summed E-state index contributed by atoms with van der Waals surface area (Å²) in [5.74, 6) is 0.489. The highest BCUT2D eigenvalue weighted by molar-refractivity contribution is 7.13. The molecule has 7 heteroatoms. The number of thiazole rings is 1. The third-order valence-corrected chi connectivity index (χ3v) is 6.67. The van der Waals surface area contributed by atoms with E-state index in [2.05, 4.69) is 9.88 Å². The maximum atomic E-state index is 13.0. The maximum absolute atomic E-state index is 13.0. The number of aromatic nitrogens is 1. The normalized spacial score (nSPS) is 25.7. The highest BCUT2D eigenvalue weighted by atomic mass is 32.1. The zero-order valence-corrected chi connectivity index (χ0v) is 15.4. The van der Waals surface area contributed by atoms with Gasteiger partial charge in [-0.3, -0.25) is 9.59 Å². The number of piperidine rings is 1. The number of carbonyl (C=O) groups is 2. The van der Waals surface area contributed by atoms with Gasteiger partial charge in [-0.05, 0) is 19.3 Å². The van der Waals surface area contributed by atoms with Gasteiger partial charge in [0.25, 0.3) is 0 Å². The number of amides is 2. The van der Waals surface area contributed by atoms with Crippen LogP contribution in [0.5, 0.6) is 0 Å². The molecule has 0 spiro atoms. The summed E-state index contributed by atoms with van der Waals surface area (Å²) >= 11 is 1.65. The number of hydrogen-bond acceptors (Lipinski definition) is 5. The Balaban J connectivity index is 1.34. The van der Waals surface area contributed by atoms with Crippen molar-refractivity contribution in [3.8, 4) is 0 Å². The third kappa shape index (κ3) is 3.52. The smallest absolute Gasteiger partial charge is 0.227 e. The van der Waals surface area contributed by atoms with Gasteiger partial charge in [-0.25, -0.2) is 4.98 Å². The summed E-state index contributed by atoms with van der Waals surface area (Å²) in [6.45, 7) is 3.84. The van der Waals surface area contributed by atoms with Gasteiger partial charge >= 0.3 is 0 Å². The highest BCUT2D eigenvalue weighted by Crippen LogP contribution is 2.29. The molecule has 3 fully saturated rings. The van der Waals surface area contributed by atoms with E-state index in [0.29, 0.717) is 25.4 Å². The van der Waals surface area contributed by atoms with Crippen LogP contribution in [0.2, 0.25) is 0 Å². The number of anilines is 1. The number of carbonyl (C=O) groups excluding carboxylic acids is 2. The van der Waals surface area contributed by atoms with Crippen LogP contribution in [-0.2, 0) is 9.59 Å². The molecule has 1 atom stereocenters. The molecule has 1 saturated carbocycles. The summed E-state index contributed by atoms with van der Waals surface area (Å²) < 4.78 is 0. The molecule has 6 nitrogen and oxygen atoms in total. The van der Waals surface area contributed by atoms with Crippen molar-refractivity contribution >= 4 is 28.3 Å². The van der Waals surface area contributed by atoms with Crippen LogP contribution in [0.3, 0.4) is 0 Å². The minimum Gasteiger partial charge on any atom is -0.345 e. The van der Waals surface area contributed by atoms with Gasteiger partial charge in [0.15, 0.2) is 5.13 Å². The molecule has 3 heterocycles. The predicted molar refractivity (Wildman–Crippen MR) is 97.6 cm³/mol. The van der Waals surface area contributed by atoms with Crippen molar-refractivity contribution in [2.45, 2.75) is 44.6 Å². The standard InChI is InChI=1S/C18H26N4O2S/c23-16-6-5-14(13-22(16)15-3-1-2-4-15)17(24)20-8-10-21(11-9-20)18-19-7-12-25-18/h7,12,14-15H,1-6,8-11,13H2.